The van der Waals surface area contributed by atoms with E-state index in [9.17, 15) is 0 Å². The third-order valence-corrected chi connectivity index (χ3v) is 5.41. The van der Waals surface area contributed by atoms with E-state index in [0.29, 0.717) is 5.25 Å². The number of benzene rings is 2. The van der Waals surface area contributed by atoms with Gasteiger partial charge >= 0.3 is 0 Å². The summed E-state index contributed by atoms with van der Waals surface area (Å²) in [5, 5.41) is 3.34. The Morgan fingerprint density at radius 2 is 1.47 bits per heavy atom. The highest BCUT2D eigenvalue weighted by Gasteiger charge is 2.16. The highest BCUT2D eigenvalue weighted by atomic mass is 32.2. The van der Waals surface area contributed by atoms with Crippen LogP contribution in [0, 0.1) is 18.8 Å². The van der Waals surface area contributed by atoms with Crippen LogP contribution in [-0.2, 0) is 0 Å². The molecule has 2 aromatic carbocycles. The molecule has 2 unspecified atom stereocenters. The number of aryl methyl sites for hydroxylation is 1. The average molecular weight is 272 g/mol. The molecule has 0 saturated heterocycles. The van der Waals surface area contributed by atoms with Crippen molar-refractivity contribution in [2.24, 2.45) is 11.8 Å². The lowest BCUT2D eigenvalue weighted by Gasteiger charge is -2.23. The first-order valence-corrected chi connectivity index (χ1v) is 8.02. The summed E-state index contributed by atoms with van der Waals surface area (Å²) >= 11 is 2.00. The van der Waals surface area contributed by atoms with Gasteiger partial charge in [0.05, 0.1) is 0 Å². The van der Waals surface area contributed by atoms with Gasteiger partial charge in [0.1, 0.15) is 0 Å². The van der Waals surface area contributed by atoms with E-state index in [1.807, 2.05) is 11.8 Å². The molecule has 0 fully saturated rings. The molecule has 0 N–H and O–H groups in total. The molecule has 0 aliphatic heterocycles. The van der Waals surface area contributed by atoms with Gasteiger partial charge in [-0.25, -0.2) is 0 Å². The minimum atomic E-state index is 0.655. The van der Waals surface area contributed by atoms with Crippen molar-refractivity contribution in [3.8, 4) is 0 Å². The molecule has 1 heteroatoms. The molecule has 0 bridgehead atoms. The van der Waals surface area contributed by atoms with Crippen LogP contribution in [0.15, 0.2) is 41.3 Å². The van der Waals surface area contributed by atoms with Crippen molar-refractivity contribution in [1.29, 1.82) is 0 Å². The summed E-state index contributed by atoms with van der Waals surface area (Å²) in [5.74, 6) is 1.48. The molecule has 0 spiro atoms. The van der Waals surface area contributed by atoms with Gasteiger partial charge in [0.15, 0.2) is 0 Å². The van der Waals surface area contributed by atoms with Crippen molar-refractivity contribution < 1.29 is 0 Å². The van der Waals surface area contributed by atoms with Crippen LogP contribution in [0.5, 0.6) is 0 Å². The second kappa shape index (κ2) is 6.00. The Hall–Kier alpha value is -0.950. The molecule has 2 rings (SSSR count). The fourth-order valence-corrected chi connectivity index (χ4v) is 3.58. The lowest BCUT2D eigenvalue weighted by molar-refractivity contribution is 0.417. The van der Waals surface area contributed by atoms with E-state index in [1.165, 1.54) is 21.2 Å². The first-order chi connectivity index (χ1) is 8.97. The van der Waals surface area contributed by atoms with E-state index in [1.54, 1.807) is 0 Å². The van der Waals surface area contributed by atoms with E-state index in [2.05, 4.69) is 71.0 Å². The standard InChI is InChI=1S/C18H24S/c1-12(2)14(4)15(5)19-18-9-8-16-10-13(3)6-7-17(16)11-18/h6-12,14-15H,1-5H3. The van der Waals surface area contributed by atoms with Crippen molar-refractivity contribution in [3.05, 3.63) is 42.0 Å². The number of rotatable bonds is 4. The molecule has 0 aromatic heterocycles. The highest BCUT2D eigenvalue weighted by Crippen LogP contribution is 2.33. The first-order valence-electron chi connectivity index (χ1n) is 7.14. The Labute approximate surface area is 121 Å². The van der Waals surface area contributed by atoms with Crippen molar-refractivity contribution in [3.63, 3.8) is 0 Å². The molecule has 0 heterocycles. The smallest absolute Gasteiger partial charge is 0.00941 e. The van der Waals surface area contributed by atoms with E-state index in [-0.39, 0.29) is 0 Å². The minimum absolute atomic E-state index is 0.655. The Kier molecular flexibility index (Phi) is 4.57. The fraction of sp³-hybridized carbons (Fsp3) is 0.444. The summed E-state index contributed by atoms with van der Waals surface area (Å²) in [7, 11) is 0. The molecular weight excluding hydrogens is 248 g/mol. The largest absolute Gasteiger partial charge is 0.123 e. The number of hydrogen-bond donors (Lipinski definition) is 0. The summed E-state index contributed by atoms with van der Waals surface area (Å²) in [5.41, 5.74) is 1.33. The first kappa shape index (κ1) is 14.5. The second-order valence-electron chi connectivity index (χ2n) is 5.94. The molecular formula is C18H24S. The quantitative estimate of drug-likeness (QED) is 0.622. The molecule has 0 aliphatic carbocycles. The van der Waals surface area contributed by atoms with Crippen LogP contribution in [0.4, 0.5) is 0 Å². The maximum atomic E-state index is 2.35. The lowest BCUT2D eigenvalue weighted by atomic mass is 9.95. The van der Waals surface area contributed by atoms with E-state index in [4.69, 9.17) is 0 Å². The molecule has 0 aliphatic rings. The Morgan fingerprint density at radius 3 is 2.16 bits per heavy atom. The molecule has 2 atom stereocenters. The van der Waals surface area contributed by atoms with E-state index >= 15 is 0 Å². The Morgan fingerprint density at radius 1 is 0.842 bits per heavy atom. The Balaban J connectivity index is 2.20. The van der Waals surface area contributed by atoms with Gasteiger partial charge in [0.25, 0.3) is 0 Å². The molecule has 0 amide bonds. The fourth-order valence-electron chi connectivity index (χ4n) is 2.28. The maximum Gasteiger partial charge on any atom is 0.00941 e. The SMILES string of the molecule is Cc1ccc2cc(SC(C)C(C)C(C)C)ccc2c1. The summed E-state index contributed by atoms with van der Waals surface area (Å²) in [6.07, 6.45) is 0. The zero-order valence-corrected chi connectivity index (χ0v) is 13.4. The lowest BCUT2D eigenvalue weighted by Crippen LogP contribution is -2.15. The van der Waals surface area contributed by atoms with Gasteiger partial charge in [-0.05, 0) is 41.7 Å². The van der Waals surface area contributed by atoms with E-state index in [0.717, 1.165) is 11.8 Å². The van der Waals surface area contributed by atoms with Gasteiger partial charge in [-0.2, -0.15) is 0 Å². The van der Waals surface area contributed by atoms with Gasteiger partial charge in [0, 0.05) is 10.1 Å². The van der Waals surface area contributed by atoms with Crippen LogP contribution in [0.25, 0.3) is 10.8 Å². The van der Waals surface area contributed by atoms with Crippen LogP contribution in [0.1, 0.15) is 33.3 Å². The van der Waals surface area contributed by atoms with Gasteiger partial charge in [0.2, 0.25) is 0 Å². The normalized spacial score (nSPS) is 14.8. The maximum absolute atomic E-state index is 2.35. The summed E-state index contributed by atoms with van der Waals surface area (Å²) in [6.45, 7) is 11.5. The van der Waals surface area contributed by atoms with Crippen molar-refractivity contribution in [2.75, 3.05) is 0 Å². The van der Waals surface area contributed by atoms with Gasteiger partial charge in [-0.3, -0.25) is 0 Å². The van der Waals surface area contributed by atoms with Crippen molar-refractivity contribution in [2.45, 2.75) is 44.8 Å². The number of fused-ring (bicyclic) bond motifs is 1. The van der Waals surface area contributed by atoms with Gasteiger partial charge in [-0.1, -0.05) is 57.5 Å². The minimum Gasteiger partial charge on any atom is -0.123 e. The molecule has 0 nitrogen and oxygen atoms in total. The molecule has 102 valence electrons. The van der Waals surface area contributed by atoms with Gasteiger partial charge in [-0.15, -0.1) is 11.8 Å². The number of hydrogen-bond acceptors (Lipinski definition) is 1. The van der Waals surface area contributed by atoms with Gasteiger partial charge < -0.3 is 0 Å². The molecule has 2 aromatic rings. The topological polar surface area (TPSA) is 0 Å². The van der Waals surface area contributed by atoms with Crippen LogP contribution >= 0.6 is 11.8 Å². The van der Waals surface area contributed by atoms with Crippen LogP contribution in [0.2, 0.25) is 0 Å². The Bertz CT molecular complexity index is 557. The summed E-state index contributed by atoms with van der Waals surface area (Å²) < 4.78 is 0. The molecule has 0 radical (unpaired) electrons. The van der Waals surface area contributed by atoms with Crippen molar-refractivity contribution >= 4 is 22.5 Å². The molecule has 0 saturated carbocycles. The zero-order valence-electron chi connectivity index (χ0n) is 12.6. The van der Waals surface area contributed by atoms with Crippen LogP contribution in [-0.4, -0.2) is 5.25 Å². The van der Waals surface area contributed by atoms with E-state index < -0.39 is 0 Å². The third kappa shape index (κ3) is 3.54. The monoisotopic (exact) mass is 272 g/mol. The summed E-state index contributed by atoms with van der Waals surface area (Å²) in [4.78, 5) is 1.39. The van der Waals surface area contributed by atoms with Crippen LogP contribution < -0.4 is 0 Å². The van der Waals surface area contributed by atoms with Crippen molar-refractivity contribution in [1.82, 2.24) is 0 Å². The van der Waals surface area contributed by atoms with Crippen LogP contribution in [0.3, 0.4) is 0 Å². The predicted octanol–water partition coefficient (Wildman–Crippen LogP) is 5.92. The predicted molar refractivity (Wildman–Crippen MR) is 88.0 cm³/mol. The summed E-state index contributed by atoms with van der Waals surface area (Å²) in [6, 6.07) is 13.5. The number of thioether (sulfide) groups is 1. The molecule has 19 heavy (non-hydrogen) atoms. The third-order valence-electron chi connectivity index (χ3n) is 4.08. The highest BCUT2D eigenvalue weighted by molar-refractivity contribution is 8.00. The average Bonchev–Trinajstić information content (AvgIpc) is 2.37. The second-order valence-corrected chi connectivity index (χ2v) is 7.39. The zero-order chi connectivity index (χ0) is 14.0.